The third-order valence-corrected chi connectivity index (χ3v) is 3.39. The Labute approximate surface area is 99.3 Å². The Hall–Kier alpha value is -0.820. The first-order valence-corrected chi connectivity index (χ1v) is 6.61. The second kappa shape index (κ2) is 5.49. The summed E-state index contributed by atoms with van der Waals surface area (Å²) in [5.41, 5.74) is 4.41. The van der Waals surface area contributed by atoms with Crippen molar-refractivity contribution in [1.82, 2.24) is 5.32 Å². The SMILES string of the molecule is CCCCc1ccc(C)c(CNC2CC2)c1. The summed E-state index contributed by atoms with van der Waals surface area (Å²) in [6, 6.07) is 7.75. The molecule has 0 spiro atoms. The molecule has 0 aliphatic heterocycles. The maximum absolute atomic E-state index is 3.60. The standard InChI is InChI=1S/C15H23N/c1-3-4-5-13-7-6-12(2)14(10-13)11-16-15-8-9-15/h6-7,10,15-16H,3-5,8-9,11H2,1-2H3. The van der Waals surface area contributed by atoms with E-state index in [0.29, 0.717) is 0 Å². The summed E-state index contributed by atoms with van der Waals surface area (Å²) in [6.07, 6.45) is 6.55. The highest BCUT2D eigenvalue weighted by atomic mass is 14.9. The summed E-state index contributed by atoms with van der Waals surface area (Å²) in [7, 11) is 0. The van der Waals surface area contributed by atoms with Gasteiger partial charge >= 0.3 is 0 Å². The van der Waals surface area contributed by atoms with Gasteiger partial charge in [-0.3, -0.25) is 0 Å². The molecule has 16 heavy (non-hydrogen) atoms. The smallest absolute Gasteiger partial charge is 0.0210 e. The second-order valence-corrected chi connectivity index (χ2v) is 5.02. The molecule has 0 saturated heterocycles. The van der Waals surface area contributed by atoms with Crippen LogP contribution >= 0.6 is 0 Å². The lowest BCUT2D eigenvalue weighted by molar-refractivity contribution is 0.683. The van der Waals surface area contributed by atoms with Gasteiger partial charge in [0.25, 0.3) is 0 Å². The number of unbranched alkanes of at least 4 members (excludes halogenated alkanes) is 1. The molecule has 1 heteroatoms. The highest BCUT2D eigenvalue weighted by Gasteiger charge is 2.20. The molecule has 1 aliphatic rings. The van der Waals surface area contributed by atoms with Crippen LogP contribution in [0, 0.1) is 6.92 Å². The normalized spacial score (nSPS) is 15.4. The first kappa shape index (κ1) is 11.7. The third kappa shape index (κ3) is 3.34. The van der Waals surface area contributed by atoms with Crippen LogP contribution in [0.4, 0.5) is 0 Å². The van der Waals surface area contributed by atoms with Crippen molar-refractivity contribution in [3.05, 3.63) is 34.9 Å². The van der Waals surface area contributed by atoms with E-state index in [1.165, 1.54) is 48.8 Å². The van der Waals surface area contributed by atoms with E-state index in [2.05, 4.69) is 37.4 Å². The quantitative estimate of drug-likeness (QED) is 0.768. The minimum Gasteiger partial charge on any atom is -0.310 e. The summed E-state index contributed by atoms with van der Waals surface area (Å²) < 4.78 is 0. The number of benzene rings is 1. The molecule has 1 aromatic carbocycles. The second-order valence-electron chi connectivity index (χ2n) is 5.02. The molecule has 0 aromatic heterocycles. The molecule has 0 amide bonds. The van der Waals surface area contributed by atoms with Gasteiger partial charge in [0.2, 0.25) is 0 Å². The van der Waals surface area contributed by atoms with E-state index in [1.54, 1.807) is 0 Å². The topological polar surface area (TPSA) is 12.0 Å². The lowest BCUT2D eigenvalue weighted by atomic mass is 10.0. The van der Waals surface area contributed by atoms with Gasteiger partial charge in [0.05, 0.1) is 0 Å². The average Bonchev–Trinajstić information content (AvgIpc) is 3.10. The summed E-state index contributed by atoms with van der Waals surface area (Å²) in [4.78, 5) is 0. The van der Waals surface area contributed by atoms with E-state index in [4.69, 9.17) is 0 Å². The molecule has 88 valence electrons. The molecule has 0 bridgehead atoms. The number of hydrogen-bond donors (Lipinski definition) is 1. The molecule has 0 heterocycles. The zero-order chi connectivity index (χ0) is 11.4. The lowest BCUT2D eigenvalue weighted by Gasteiger charge is -2.09. The lowest BCUT2D eigenvalue weighted by Crippen LogP contribution is -2.16. The zero-order valence-corrected chi connectivity index (χ0v) is 10.6. The van der Waals surface area contributed by atoms with Gasteiger partial charge in [-0.15, -0.1) is 0 Å². The molecular weight excluding hydrogens is 194 g/mol. The van der Waals surface area contributed by atoms with Gasteiger partial charge in [0.1, 0.15) is 0 Å². The van der Waals surface area contributed by atoms with E-state index in [1.807, 2.05) is 0 Å². The highest BCUT2D eigenvalue weighted by molar-refractivity contribution is 5.31. The molecule has 1 aromatic rings. The molecular formula is C15H23N. The first-order valence-electron chi connectivity index (χ1n) is 6.61. The van der Waals surface area contributed by atoms with Gasteiger partial charge in [-0.05, 0) is 49.3 Å². The summed E-state index contributed by atoms with van der Waals surface area (Å²) in [5.74, 6) is 0. The van der Waals surface area contributed by atoms with Crippen LogP contribution in [0.15, 0.2) is 18.2 Å². The molecule has 2 rings (SSSR count). The van der Waals surface area contributed by atoms with E-state index in [-0.39, 0.29) is 0 Å². The highest BCUT2D eigenvalue weighted by Crippen LogP contribution is 2.20. The Bertz CT molecular complexity index is 339. The van der Waals surface area contributed by atoms with Crippen LogP contribution in [-0.4, -0.2) is 6.04 Å². The van der Waals surface area contributed by atoms with Gasteiger partial charge in [-0.2, -0.15) is 0 Å². The van der Waals surface area contributed by atoms with E-state index in [9.17, 15) is 0 Å². The van der Waals surface area contributed by atoms with Crippen LogP contribution < -0.4 is 5.32 Å². The molecule has 1 aliphatic carbocycles. The molecule has 1 nitrogen and oxygen atoms in total. The van der Waals surface area contributed by atoms with Crippen molar-refractivity contribution >= 4 is 0 Å². The minimum atomic E-state index is 0.804. The first-order chi connectivity index (χ1) is 7.79. The fraction of sp³-hybridized carbons (Fsp3) is 0.600. The zero-order valence-electron chi connectivity index (χ0n) is 10.6. The summed E-state index contributed by atoms with van der Waals surface area (Å²) in [5, 5.41) is 3.60. The fourth-order valence-electron chi connectivity index (χ4n) is 1.99. The van der Waals surface area contributed by atoms with Crippen LogP contribution in [-0.2, 0) is 13.0 Å². The fourth-order valence-corrected chi connectivity index (χ4v) is 1.99. The Morgan fingerprint density at radius 3 is 2.81 bits per heavy atom. The molecule has 0 atom stereocenters. The van der Waals surface area contributed by atoms with Gasteiger partial charge < -0.3 is 5.32 Å². The van der Waals surface area contributed by atoms with Crippen LogP contribution in [0.25, 0.3) is 0 Å². The van der Waals surface area contributed by atoms with Gasteiger partial charge in [0, 0.05) is 12.6 Å². The third-order valence-electron chi connectivity index (χ3n) is 3.39. The van der Waals surface area contributed by atoms with E-state index in [0.717, 1.165) is 12.6 Å². The Balaban J connectivity index is 1.96. The predicted octanol–water partition coefficient (Wildman–Crippen LogP) is 3.59. The molecule has 1 N–H and O–H groups in total. The van der Waals surface area contributed by atoms with Gasteiger partial charge in [0.15, 0.2) is 0 Å². The van der Waals surface area contributed by atoms with Crippen molar-refractivity contribution in [2.24, 2.45) is 0 Å². The molecule has 1 fully saturated rings. The van der Waals surface area contributed by atoms with Gasteiger partial charge in [-0.25, -0.2) is 0 Å². The molecule has 0 unspecified atom stereocenters. The Kier molecular flexibility index (Phi) is 4.00. The Morgan fingerprint density at radius 1 is 1.31 bits per heavy atom. The van der Waals surface area contributed by atoms with Gasteiger partial charge in [-0.1, -0.05) is 31.5 Å². The number of aryl methyl sites for hydroxylation is 2. The van der Waals surface area contributed by atoms with Crippen LogP contribution in [0.3, 0.4) is 0 Å². The molecule has 1 saturated carbocycles. The minimum absolute atomic E-state index is 0.804. The largest absolute Gasteiger partial charge is 0.310 e. The molecule has 0 radical (unpaired) electrons. The van der Waals surface area contributed by atoms with Crippen molar-refractivity contribution in [2.75, 3.05) is 0 Å². The monoisotopic (exact) mass is 217 g/mol. The number of nitrogens with one attached hydrogen (secondary N) is 1. The maximum Gasteiger partial charge on any atom is 0.0210 e. The average molecular weight is 217 g/mol. The maximum atomic E-state index is 3.60. The predicted molar refractivity (Wildman–Crippen MR) is 69.7 cm³/mol. The van der Waals surface area contributed by atoms with E-state index >= 15 is 0 Å². The van der Waals surface area contributed by atoms with Crippen LogP contribution in [0.1, 0.15) is 49.3 Å². The van der Waals surface area contributed by atoms with Crippen molar-refractivity contribution in [2.45, 2.75) is 58.5 Å². The Morgan fingerprint density at radius 2 is 2.12 bits per heavy atom. The van der Waals surface area contributed by atoms with Crippen molar-refractivity contribution in [1.29, 1.82) is 0 Å². The van der Waals surface area contributed by atoms with Crippen LogP contribution in [0.5, 0.6) is 0 Å². The van der Waals surface area contributed by atoms with Crippen molar-refractivity contribution < 1.29 is 0 Å². The number of hydrogen-bond acceptors (Lipinski definition) is 1. The summed E-state index contributed by atoms with van der Waals surface area (Å²) >= 11 is 0. The van der Waals surface area contributed by atoms with Crippen molar-refractivity contribution in [3.8, 4) is 0 Å². The number of rotatable bonds is 6. The van der Waals surface area contributed by atoms with Crippen LogP contribution in [0.2, 0.25) is 0 Å². The summed E-state index contributed by atoms with van der Waals surface area (Å²) in [6.45, 7) is 5.52. The van der Waals surface area contributed by atoms with E-state index < -0.39 is 0 Å². The van der Waals surface area contributed by atoms with Crippen molar-refractivity contribution in [3.63, 3.8) is 0 Å².